The molecule has 0 bridgehead atoms. The summed E-state index contributed by atoms with van der Waals surface area (Å²) in [4.78, 5) is 4.21. The van der Waals surface area contributed by atoms with Crippen LogP contribution < -0.4 is 20.5 Å². The Morgan fingerprint density at radius 3 is 2.19 bits per heavy atom. The first kappa shape index (κ1) is 27.0. The van der Waals surface area contributed by atoms with Gasteiger partial charge in [0, 0.05) is 11.2 Å². The van der Waals surface area contributed by atoms with Crippen molar-refractivity contribution in [2.24, 2.45) is 10.7 Å². The van der Waals surface area contributed by atoms with Crippen LogP contribution >= 0.6 is 24.0 Å². The van der Waals surface area contributed by atoms with Crippen LogP contribution in [0.2, 0.25) is 0 Å². The van der Waals surface area contributed by atoms with Crippen LogP contribution in [0.1, 0.15) is 26.3 Å². The SMILES string of the molecule is CC(C)(C)NS(=O)(=O)c1ccccc1CN=C(N)Nc1ccc(OC(F)(F)F)cc1.I. The van der Waals surface area contributed by atoms with Gasteiger partial charge in [0.2, 0.25) is 10.0 Å². The lowest BCUT2D eigenvalue weighted by molar-refractivity contribution is -0.274. The van der Waals surface area contributed by atoms with Crippen LogP contribution in [-0.4, -0.2) is 26.3 Å². The van der Waals surface area contributed by atoms with E-state index in [0.29, 0.717) is 11.3 Å². The molecule has 2 aromatic carbocycles. The van der Waals surface area contributed by atoms with E-state index in [1.807, 2.05) is 0 Å². The fourth-order valence-electron chi connectivity index (χ4n) is 2.45. The Morgan fingerprint density at radius 1 is 1.06 bits per heavy atom. The molecule has 31 heavy (non-hydrogen) atoms. The molecule has 7 nitrogen and oxygen atoms in total. The zero-order valence-corrected chi connectivity index (χ0v) is 20.2. The number of hydrogen-bond donors (Lipinski definition) is 3. The number of halogens is 4. The molecule has 0 spiro atoms. The summed E-state index contributed by atoms with van der Waals surface area (Å²) >= 11 is 0. The second kappa shape index (κ2) is 10.5. The van der Waals surface area contributed by atoms with Crippen LogP contribution in [0.25, 0.3) is 0 Å². The molecular weight excluding hydrogens is 548 g/mol. The molecule has 0 saturated heterocycles. The third kappa shape index (κ3) is 9.31. The lowest BCUT2D eigenvalue weighted by Gasteiger charge is -2.21. The van der Waals surface area contributed by atoms with Gasteiger partial charge < -0.3 is 15.8 Å². The van der Waals surface area contributed by atoms with Crippen molar-refractivity contribution in [1.82, 2.24) is 4.72 Å². The molecule has 0 aromatic heterocycles. The van der Waals surface area contributed by atoms with E-state index in [1.165, 1.54) is 18.2 Å². The highest BCUT2D eigenvalue weighted by Gasteiger charge is 2.31. The van der Waals surface area contributed by atoms with Crippen LogP contribution in [0.15, 0.2) is 58.4 Å². The predicted molar refractivity (Wildman–Crippen MR) is 124 cm³/mol. The largest absolute Gasteiger partial charge is 0.573 e. The summed E-state index contributed by atoms with van der Waals surface area (Å²) in [6, 6.07) is 11.3. The van der Waals surface area contributed by atoms with Gasteiger partial charge in [-0.05, 0) is 56.7 Å². The molecule has 0 aliphatic heterocycles. The van der Waals surface area contributed by atoms with E-state index in [-0.39, 0.29) is 47.1 Å². The number of nitrogens with one attached hydrogen (secondary N) is 2. The molecule has 12 heteroatoms. The van der Waals surface area contributed by atoms with Crippen molar-refractivity contribution < 1.29 is 26.3 Å². The van der Waals surface area contributed by atoms with E-state index in [0.717, 1.165) is 12.1 Å². The quantitative estimate of drug-likeness (QED) is 0.274. The van der Waals surface area contributed by atoms with Crippen molar-refractivity contribution >= 4 is 45.6 Å². The zero-order chi connectivity index (χ0) is 22.6. The smallest absolute Gasteiger partial charge is 0.406 e. The molecule has 2 rings (SSSR count). The number of nitrogens with two attached hydrogens (primary N) is 1. The van der Waals surface area contributed by atoms with Gasteiger partial charge in [-0.1, -0.05) is 18.2 Å². The highest BCUT2D eigenvalue weighted by atomic mass is 127. The normalized spacial score (nSPS) is 12.8. The van der Waals surface area contributed by atoms with Gasteiger partial charge in [0.15, 0.2) is 5.96 Å². The molecule has 0 radical (unpaired) electrons. The van der Waals surface area contributed by atoms with Crippen LogP contribution in [0, 0.1) is 0 Å². The topological polar surface area (TPSA) is 106 Å². The first-order valence-electron chi connectivity index (χ1n) is 8.80. The number of alkyl halides is 3. The van der Waals surface area contributed by atoms with Crippen LogP contribution in [0.3, 0.4) is 0 Å². The molecule has 172 valence electrons. The van der Waals surface area contributed by atoms with Gasteiger partial charge in [-0.3, -0.25) is 0 Å². The van der Waals surface area contributed by atoms with Gasteiger partial charge in [-0.2, -0.15) is 0 Å². The Kier molecular flexibility index (Phi) is 9.14. The lowest BCUT2D eigenvalue weighted by atomic mass is 10.1. The number of aliphatic imine (C=N–C) groups is 1. The van der Waals surface area contributed by atoms with E-state index in [4.69, 9.17) is 5.73 Å². The maximum Gasteiger partial charge on any atom is 0.573 e. The Balaban J connectivity index is 0.00000480. The third-order valence-electron chi connectivity index (χ3n) is 3.48. The Morgan fingerprint density at radius 2 is 1.65 bits per heavy atom. The first-order valence-corrected chi connectivity index (χ1v) is 10.3. The van der Waals surface area contributed by atoms with Crippen molar-refractivity contribution in [3.05, 3.63) is 54.1 Å². The second-order valence-corrected chi connectivity index (χ2v) is 9.01. The molecule has 0 fully saturated rings. The average molecular weight is 572 g/mol. The second-order valence-electron chi connectivity index (χ2n) is 7.36. The van der Waals surface area contributed by atoms with E-state index < -0.39 is 21.9 Å². The lowest BCUT2D eigenvalue weighted by Crippen LogP contribution is -2.40. The highest BCUT2D eigenvalue weighted by molar-refractivity contribution is 14.0. The van der Waals surface area contributed by atoms with E-state index >= 15 is 0 Å². The fourth-order valence-corrected chi connectivity index (χ4v) is 4.10. The molecule has 0 aliphatic rings. The first-order chi connectivity index (χ1) is 13.8. The summed E-state index contributed by atoms with van der Waals surface area (Å²) in [6.07, 6.45) is -4.77. The monoisotopic (exact) mass is 572 g/mol. The molecular formula is C19H24F3IN4O3S. The summed E-state index contributed by atoms with van der Waals surface area (Å²) < 4.78 is 68.2. The van der Waals surface area contributed by atoms with Crippen molar-refractivity contribution in [3.8, 4) is 5.75 Å². The maximum absolute atomic E-state index is 12.6. The van der Waals surface area contributed by atoms with Crippen LogP contribution in [0.5, 0.6) is 5.75 Å². The molecule has 0 unspecified atom stereocenters. The Hall–Kier alpha value is -2.06. The number of ether oxygens (including phenoxy) is 1. The van der Waals surface area contributed by atoms with E-state index in [1.54, 1.807) is 39.0 Å². The summed E-state index contributed by atoms with van der Waals surface area (Å²) in [5, 5.41) is 2.72. The van der Waals surface area contributed by atoms with Crippen LogP contribution in [-0.2, 0) is 16.6 Å². The van der Waals surface area contributed by atoms with Gasteiger partial charge in [0.05, 0.1) is 11.4 Å². The summed E-state index contributed by atoms with van der Waals surface area (Å²) in [6.45, 7) is 5.18. The molecule has 0 saturated carbocycles. The molecule has 0 atom stereocenters. The Bertz CT molecular complexity index is 1010. The number of sulfonamides is 1. The standard InChI is InChI=1S/C19H23F3N4O3S.HI/c1-18(2,3)26-30(27,28)16-7-5-4-6-13(16)12-24-17(23)25-14-8-10-15(11-9-14)29-19(20,21)22;/h4-11,26H,12H2,1-3H3,(H3,23,24,25);1H. The Labute approximate surface area is 196 Å². The number of benzene rings is 2. The van der Waals surface area contributed by atoms with Gasteiger partial charge in [-0.25, -0.2) is 18.1 Å². The zero-order valence-electron chi connectivity index (χ0n) is 17.0. The van der Waals surface area contributed by atoms with Crippen molar-refractivity contribution in [2.45, 2.75) is 44.1 Å². The molecule has 0 aliphatic carbocycles. The predicted octanol–water partition coefficient (Wildman–Crippen LogP) is 4.21. The number of hydrogen-bond acceptors (Lipinski definition) is 4. The minimum Gasteiger partial charge on any atom is -0.406 e. The van der Waals surface area contributed by atoms with Gasteiger partial charge in [-0.15, -0.1) is 37.1 Å². The van der Waals surface area contributed by atoms with Crippen molar-refractivity contribution in [1.29, 1.82) is 0 Å². The minimum absolute atomic E-state index is 0. The minimum atomic E-state index is -4.77. The number of anilines is 1. The number of rotatable bonds is 6. The fraction of sp³-hybridized carbons (Fsp3) is 0.316. The summed E-state index contributed by atoms with van der Waals surface area (Å²) in [5.74, 6) is -0.399. The maximum atomic E-state index is 12.6. The van der Waals surface area contributed by atoms with E-state index in [9.17, 15) is 21.6 Å². The summed E-state index contributed by atoms with van der Waals surface area (Å²) in [7, 11) is -3.76. The van der Waals surface area contributed by atoms with Gasteiger partial charge in [0.25, 0.3) is 0 Å². The summed E-state index contributed by atoms with van der Waals surface area (Å²) in [5.41, 5.74) is 5.99. The van der Waals surface area contributed by atoms with E-state index in [2.05, 4.69) is 19.8 Å². The van der Waals surface area contributed by atoms with Crippen LogP contribution in [0.4, 0.5) is 18.9 Å². The molecule has 0 heterocycles. The van der Waals surface area contributed by atoms with Gasteiger partial charge in [0.1, 0.15) is 5.75 Å². The molecule has 0 amide bonds. The van der Waals surface area contributed by atoms with Gasteiger partial charge >= 0.3 is 6.36 Å². The highest BCUT2D eigenvalue weighted by Crippen LogP contribution is 2.24. The molecule has 2 aromatic rings. The third-order valence-corrected chi connectivity index (χ3v) is 5.34. The molecule has 4 N–H and O–H groups in total. The van der Waals surface area contributed by atoms with Crippen molar-refractivity contribution in [3.63, 3.8) is 0 Å². The van der Waals surface area contributed by atoms with Crippen molar-refractivity contribution in [2.75, 3.05) is 5.32 Å². The average Bonchev–Trinajstić information content (AvgIpc) is 2.59. The number of guanidine groups is 1. The number of nitrogens with zero attached hydrogens (tertiary/aromatic N) is 1.